The van der Waals surface area contributed by atoms with Gasteiger partial charge in [0.15, 0.2) is 5.69 Å². The highest BCUT2D eigenvalue weighted by Crippen LogP contribution is 2.05. The molecule has 112 valence electrons. The summed E-state index contributed by atoms with van der Waals surface area (Å²) in [6.07, 6.45) is 0.743. The van der Waals surface area contributed by atoms with Gasteiger partial charge in [0.05, 0.1) is 12.3 Å². The van der Waals surface area contributed by atoms with Crippen LogP contribution in [0.1, 0.15) is 29.5 Å². The molecule has 0 unspecified atom stereocenters. The second-order valence-electron chi connectivity index (χ2n) is 4.10. The maximum Gasteiger partial charge on any atom is 0.360 e. The van der Waals surface area contributed by atoms with E-state index in [0.29, 0.717) is 18.8 Å². The third-order valence-electron chi connectivity index (χ3n) is 2.59. The predicted molar refractivity (Wildman–Crippen MR) is 70.2 cm³/mol. The average Bonchev–Trinajstić information content (AvgIpc) is 2.77. The number of hydrogen-bond acceptors (Lipinski definition) is 6. The fraction of sp³-hybridized carbons (Fsp3) is 0.667. The summed E-state index contributed by atoms with van der Waals surface area (Å²) >= 11 is 0. The number of esters is 1. The average molecular weight is 284 g/mol. The Morgan fingerprint density at radius 1 is 1.40 bits per heavy atom. The maximum absolute atomic E-state index is 11.7. The largest absolute Gasteiger partial charge is 0.461 e. The Labute approximate surface area is 117 Å². The monoisotopic (exact) mass is 284 g/mol. The molecule has 8 nitrogen and oxygen atoms in total. The zero-order valence-corrected chi connectivity index (χ0v) is 12.0. The number of nitrogens with zero attached hydrogens (tertiary/aromatic N) is 3. The molecule has 1 rings (SSSR count). The molecule has 1 aromatic heterocycles. The van der Waals surface area contributed by atoms with Gasteiger partial charge >= 0.3 is 5.97 Å². The maximum atomic E-state index is 11.7. The molecule has 0 bridgehead atoms. The molecule has 8 heteroatoms. The van der Waals surface area contributed by atoms with Gasteiger partial charge in [-0.3, -0.25) is 4.79 Å². The van der Waals surface area contributed by atoms with Crippen LogP contribution < -0.4 is 5.32 Å². The Morgan fingerprint density at radius 3 is 2.80 bits per heavy atom. The number of ether oxygens (including phenoxy) is 2. The molecule has 0 aliphatic heterocycles. The Balaban J connectivity index is 2.52. The molecule has 1 heterocycles. The van der Waals surface area contributed by atoms with E-state index in [-0.39, 0.29) is 24.8 Å². The normalized spacial score (nSPS) is 10.3. The number of aromatic nitrogens is 3. The highest BCUT2D eigenvalue weighted by Gasteiger charge is 2.18. The van der Waals surface area contributed by atoms with Crippen LogP contribution in [-0.4, -0.2) is 53.7 Å². The Morgan fingerprint density at radius 2 is 2.15 bits per heavy atom. The molecule has 0 fully saturated rings. The summed E-state index contributed by atoms with van der Waals surface area (Å²) in [5.74, 6) is -0.721. The van der Waals surface area contributed by atoms with E-state index in [0.717, 1.165) is 6.42 Å². The summed E-state index contributed by atoms with van der Waals surface area (Å²) in [6, 6.07) is 0. The van der Waals surface area contributed by atoms with Crippen LogP contribution in [0.4, 0.5) is 0 Å². The lowest BCUT2D eigenvalue weighted by molar-refractivity contribution is -0.121. The Kier molecular flexibility index (Phi) is 6.65. The van der Waals surface area contributed by atoms with Crippen molar-refractivity contribution in [3.05, 3.63) is 11.4 Å². The lowest BCUT2D eigenvalue weighted by Crippen LogP contribution is -2.29. The smallest absolute Gasteiger partial charge is 0.360 e. The molecular weight excluding hydrogens is 264 g/mol. The molecule has 1 amide bonds. The SMILES string of the molecule is CCOC(=O)c1nnn(CC(=O)NCCCOC)c1C. The number of carbonyl (C=O) groups is 2. The number of nitrogens with one attached hydrogen (secondary N) is 1. The summed E-state index contributed by atoms with van der Waals surface area (Å²) in [5.41, 5.74) is 0.648. The lowest BCUT2D eigenvalue weighted by Gasteiger charge is -2.06. The molecule has 0 spiro atoms. The topological polar surface area (TPSA) is 95.3 Å². The highest BCUT2D eigenvalue weighted by atomic mass is 16.5. The predicted octanol–water partition coefficient (Wildman–Crippen LogP) is -0.0841. The van der Waals surface area contributed by atoms with Crippen molar-refractivity contribution in [2.24, 2.45) is 0 Å². The highest BCUT2D eigenvalue weighted by molar-refractivity contribution is 5.88. The Bertz CT molecular complexity index is 458. The van der Waals surface area contributed by atoms with Crippen LogP contribution in [0.15, 0.2) is 0 Å². The van der Waals surface area contributed by atoms with Crippen molar-refractivity contribution in [1.29, 1.82) is 0 Å². The van der Waals surface area contributed by atoms with Gasteiger partial charge in [0, 0.05) is 20.3 Å². The second-order valence-corrected chi connectivity index (χ2v) is 4.10. The van der Waals surface area contributed by atoms with Gasteiger partial charge in [-0.15, -0.1) is 5.10 Å². The molecule has 20 heavy (non-hydrogen) atoms. The van der Waals surface area contributed by atoms with E-state index in [1.807, 2.05) is 0 Å². The number of hydrogen-bond donors (Lipinski definition) is 1. The molecule has 0 aliphatic rings. The van der Waals surface area contributed by atoms with Crippen molar-refractivity contribution in [3.63, 3.8) is 0 Å². The zero-order valence-electron chi connectivity index (χ0n) is 12.0. The van der Waals surface area contributed by atoms with Crippen LogP contribution in [0.2, 0.25) is 0 Å². The fourth-order valence-electron chi connectivity index (χ4n) is 1.53. The molecule has 1 N–H and O–H groups in total. The quantitative estimate of drug-likeness (QED) is 0.530. The molecule has 0 aliphatic carbocycles. The number of amides is 1. The van der Waals surface area contributed by atoms with Gasteiger partial charge in [-0.2, -0.15) is 0 Å². The minimum atomic E-state index is -0.531. The molecule has 0 atom stereocenters. The van der Waals surface area contributed by atoms with E-state index in [9.17, 15) is 9.59 Å². The second kappa shape index (κ2) is 8.26. The molecule has 0 saturated heterocycles. The van der Waals surface area contributed by atoms with Gasteiger partial charge in [-0.25, -0.2) is 9.48 Å². The minimum absolute atomic E-state index is 0.0191. The standard InChI is InChI=1S/C12H20N4O4/c1-4-20-12(18)11-9(2)16(15-14-11)8-10(17)13-6-5-7-19-3/h4-8H2,1-3H3,(H,13,17). The van der Waals surface area contributed by atoms with Crippen LogP contribution in [0, 0.1) is 6.92 Å². The van der Waals surface area contributed by atoms with Crippen LogP contribution in [-0.2, 0) is 20.8 Å². The fourth-order valence-corrected chi connectivity index (χ4v) is 1.53. The summed E-state index contributed by atoms with van der Waals surface area (Å²) < 4.78 is 11.1. The van der Waals surface area contributed by atoms with Crippen LogP contribution in [0.25, 0.3) is 0 Å². The van der Waals surface area contributed by atoms with E-state index < -0.39 is 5.97 Å². The van der Waals surface area contributed by atoms with Crippen molar-refractivity contribution in [2.45, 2.75) is 26.8 Å². The first-order chi connectivity index (χ1) is 9.60. The summed E-state index contributed by atoms with van der Waals surface area (Å²) in [5, 5.41) is 10.3. The van der Waals surface area contributed by atoms with Crippen molar-refractivity contribution in [3.8, 4) is 0 Å². The van der Waals surface area contributed by atoms with E-state index in [2.05, 4.69) is 15.6 Å². The third-order valence-corrected chi connectivity index (χ3v) is 2.59. The summed E-state index contributed by atoms with van der Waals surface area (Å²) in [6.45, 7) is 4.80. The van der Waals surface area contributed by atoms with Gasteiger partial charge in [0.25, 0.3) is 0 Å². The first-order valence-electron chi connectivity index (χ1n) is 6.43. The van der Waals surface area contributed by atoms with Crippen molar-refractivity contribution >= 4 is 11.9 Å². The van der Waals surface area contributed by atoms with Crippen LogP contribution in [0.3, 0.4) is 0 Å². The Hall–Kier alpha value is -1.96. The van der Waals surface area contributed by atoms with E-state index >= 15 is 0 Å². The first kappa shape index (κ1) is 16.1. The first-order valence-corrected chi connectivity index (χ1v) is 6.43. The minimum Gasteiger partial charge on any atom is -0.461 e. The molecule has 1 aromatic rings. The zero-order chi connectivity index (χ0) is 15.0. The molecule has 0 aromatic carbocycles. The number of carbonyl (C=O) groups excluding carboxylic acids is 2. The van der Waals surface area contributed by atoms with Crippen LogP contribution >= 0.6 is 0 Å². The number of methoxy groups -OCH3 is 1. The van der Waals surface area contributed by atoms with Gasteiger partial charge in [-0.1, -0.05) is 5.21 Å². The van der Waals surface area contributed by atoms with E-state index in [4.69, 9.17) is 9.47 Å². The lowest BCUT2D eigenvalue weighted by atomic mass is 10.3. The summed E-state index contributed by atoms with van der Waals surface area (Å²) in [7, 11) is 1.61. The molecule has 0 saturated carbocycles. The van der Waals surface area contributed by atoms with Gasteiger partial charge < -0.3 is 14.8 Å². The molecular formula is C12H20N4O4. The van der Waals surface area contributed by atoms with E-state index in [1.54, 1.807) is 21.0 Å². The van der Waals surface area contributed by atoms with E-state index in [1.165, 1.54) is 4.68 Å². The van der Waals surface area contributed by atoms with Crippen molar-refractivity contribution < 1.29 is 19.1 Å². The number of rotatable bonds is 8. The van der Waals surface area contributed by atoms with Gasteiger partial charge in [-0.05, 0) is 20.3 Å². The summed E-state index contributed by atoms with van der Waals surface area (Å²) in [4.78, 5) is 23.2. The molecule has 0 radical (unpaired) electrons. The van der Waals surface area contributed by atoms with Crippen molar-refractivity contribution in [1.82, 2.24) is 20.3 Å². The third kappa shape index (κ3) is 4.61. The van der Waals surface area contributed by atoms with Crippen LogP contribution in [0.5, 0.6) is 0 Å². The van der Waals surface area contributed by atoms with Crippen molar-refractivity contribution in [2.75, 3.05) is 26.9 Å². The van der Waals surface area contributed by atoms with Gasteiger partial charge in [0.1, 0.15) is 6.54 Å². The van der Waals surface area contributed by atoms with Gasteiger partial charge in [0.2, 0.25) is 5.91 Å².